The summed E-state index contributed by atoms with van der Waals surface area (Å²) in [5.74, 6) is -0.301. The average molecular weight is 292 g/mol. The number of nitrogens with zero attached hydrogens (tertiary/aromatic N) is 2. The molecule has 1 heterocycles. The van der Waals surface area contributed by atoms with Crippen LogP contribution in [0.1, 0.15) is 25.1 Å². The van der Waals surface area contributed by atoms with E-state index in [2.05, 4.69) is 18.1 Å². The fourth-order valence-corrected chi connectivity index (χ4v) is 2.26. The van der Waals surface area contributed by atoms with Crippen LogP contribution in [0.25, 0.3) is 0 Å². The fourth-order valence-electron chi connectivity index (χ4n) is 2.26. The molecule has 2 N–H and O–H groups in total. The largest absolute Gasteiger partial charge is 0.503 e. The lowest BCUT2D eigenvalue weighted by atomic mass is 10.2. The van der Waals surface area contributed by atoms with Gasteiger partial charge in [-0.05, 0) is 6.42 Å². The molecule has 1 unspecified atom stereocenters. The van der Waals surface area contributed by atoms with Crippen molar-refractivity contribution in [3.63, 3.8) is 0 Å². The second-order valence-electron chi connectivity index (χ2n) is 4.94. The molecular formula is C16H24N2O3. The Morgan fingerprint density at radius 3 is 2.48 bits per heavy atom. The van der Waals surface area contributed by atoms with Crippen molar-refractivity contribution >= 4 is 0 Å². The van der Waals surface area contributed by atoms with E-state index in [4.69, 9.17) is 0 Å². The van der Waals surface area contributed by atoms with E-state index >= 15 is 0 Å². The SMILES string of the molecule is C=CCN(CC=C)Cc1cc(=O)c(O)cn1C(CC)CO. The maximum Gasteiger partial charge on any atom is 0.223 e. The van der Waals surface area contributed by atoms with Crippen molar-refractivity contribution < 1.29 is 10.2 Å². The predicted molar refractivity (Wildman–Crippen MR) is 84.5 cm³/mol. The lowest BCUT2D eigenvalue weighted by molar-refractivity contribution is 0.215. The van der Waals surface area contributed by atoms with Gasteiger partial charge in [-0.3, -0.25) is 9.69 Å². The first-order chi connectivity index (χ1) is 10.1. The summed E-state index contributed by atoms with van der Waals surface area (Å²) in [6.07, 6.45) is 5.68. The van der Waals surface area contributed by atoms with Crippen molar-refractivity contribution in [1.82, 2.24) is 9.47 Å². The zero-order chi connectivity index (χ0) is 15.8. The highest BCUT2D eigenvalue weighted by Gasteiger charge is 2.15. The quantitative estimate of drug-likeness (QED) is 0.680. The Balaban J connectivity index is 3.18. The Labute approximate surface area is 125 Å². The topological polar surface area (TPSA) is 65.7 Å². The summed E-state index contributed by atoms with van der Waals surface area (Å²) in [5.41, 5.74) is 0.341. The molecule has 5 nitrogen and oxygen atoms in total. The van der Waals surface area contributed by atoms with E-state index in [1.54, 1.807) is 16.7 Å². The number of hydrogen-bond acceptors (Lipinski definition) is 4. The summed E-state index contributed by atoms with van der Waals surface area (Å²) in [5, 5.41) is 19.1. The normalized spacial score (nSPS) is 12.3. The Morgan fingerprint density at radius 2 is 2.00 bits per heavy atom. The highest BCUT2D eigenvalue weighted by molar-refractivity contribution is 5.21. The molecule has 21 heavy (non-hydrogen) atoms. The zero-order valence-corrected chi connectivity index (χ0v) is 12.5. The van der Waals surface area contributed by atoms with Crippen molar-refractivity contribution in [3.8, 4) is 5.75 Å². The minimum atomic E-state index is -0.411. The summed E-state index contributed by atoms with van der Waals surface area (Å²) < 4.78 is 1.77. The standard InChI is InChI=1S/C16H24N2O3/c1-4-7-17(8-5-2)10-14-9-15(20)16(21)11-18(14)13(6-3)12-19/h4-5,9,11,13,19,21H,1-2,6-8,10,12H2,3H3. The third-order valence-corrected chi connectivity index (χ3v) is 3.38. The molecule has 0 saturated carbocycles. The lowest BCUT2D eigenvalue weighted by Crippen LogP contribution is -2.28. The second kappa shape index (κ2) is 8.44. The molecule has 0 bridgehead atoms. The van der Waals surface area contributed by atoms with Crippen LogP contribution in [-0.4, -0.2) is 39.4 Å². The van der Waals surface area contributed by atoms with Crippen LogP contribution >= 0.6 is 0 Å². The number of hydrogen-bond donors (Lipinski definition) is 2. The highest BCUT2D eigenvalue weighted by atomic mass is 16.3. The maximum absolute atomic E-state index is 11.7. The van der Waals surface area contributed by atoms with E-state index in [1.807, 2.05) is 6.92 Å². The van der Waals surface area contributed by atoms with Crippen molar-refractivity contribution in [2.24, 2.45) is 0 Å². The van der Waals surface area contributed by atoms with E-state index in [1.165, 1.54) is 12.3 Å². The first-order valence-corrected chi connectivity index (χ1v) is 7.06. The van der Waals surface area contributed by atoms with Crippen molar-refractivity contribution in [2.45, 2.75) is 25.9 Å². The molecular weight excluding hydrogens is 268 g/mol. The van der Waals surface area contributed by atoms with Crippen LogP contribution in [0.3, 0.4) is 0 Å². The molecule has 1 rings (SSSR count). The summed E-state index contributed by atoms with van der Waals surface area (Å²) in [6.45, 7) is 11.2. The van der Waals surface area contributed by atoms with Crippen LogP contribution in [0.15, 0.2) is 42.4 Å². The third kappa shape index (κ3) is 4.58. The van der Waals surface area contributed by atoms with Gasteiger partial charge in [0.05, 0.1) is 18.8 Å². The van der Waals surface area contributed by atoms with Crippen LogP contribution in [0, 0.1) is 0 Å². The average Bonchev–Trinajstić information content (AvgIpc) is 2.45. The van der Waals surface area contributed by atoms with Crippen LogP contribution in [0.5, 0.6) is 5.75 Å². The van der Waals surface area contributed by atoms with Crippen LogP contribution in [0.2, 0.25) is 0 Å². The molecule has 0 aliphatic carbocycles. The van der Waals surface area contributed by atoms with Gasteiger partial charge in [-0.2, -0.15) is 0 Å². The number of pyridine rings is 1. The number of aromatic nitrogens is 1. The number of aliphatic hydroxyl groups excluding tert-OH is 1. The molecule has 116 valence electrons. The van der Waals surface area contributed by atoms with Gasteiger partial charge in [0.15, 0.2) is 5.75 Å². The molecule has 0 saturated heterocycles. The molecule has 5 heteroatoms. The number of rotatable bonds is 9. The molecule has 0 fully saturated rings. The van der Waals surface area contributed by atoms with Gasteiger partial charge >= 0.3 is 0 Å². The van der Waals surface area contributed by atoms with Crippen molar-refractivity contribution in [1.29, 1.82) is 0 Å². The van der Waals surface area contributed by atoms with E-state index in [0.717, 1.165) is 5.69 Å². The van der Waals surface area contributed by atoms with Gasteiger partial charge in [0, 0.05) is 31.4 Å². The maximum atomic E-state index is 11.7. The summed E-state index contributed by atoms with van der Waals surface area (Å²) in [7, 11) is 0. The summed E-state index contributed by atoms with van der Waals surface area (Å²) in [4.78, 5) is 13.8. The van der Waals surface area contributed by atoms with Crippen molar-refractivity contribution in [2.75, 3.05) is 19.7 Å². The fraction of sp³-hybridized carbons (Fsp3) is 0.438. The minimum absolute atomic E-state index is 0.0469. The van der Waals surface area contributed by atoms with Crippen molar-refractivity contribution in [3.05, 3.63) is 53.5 Å². The van der Waals surface area contributed by atoms with Crippen LogP contribution in [-0.2, 0) is 6.54 Å². The third-order valence-electron chi connectivity index (χ3n) is 3.38. The van der Waals surface area contributed by atoms with E-state index in [-0.39, 0.29) is 18.4 Å². The van der Waals surface area contributed by atoms with E-state index < -0.39 is 5.43 Å². The van der Waals surface area contributed by atoms with Gasteiger partial charge in [-0.25, -0.2) is 0 Å². The Kier molecular flexibility index (Phi) is 6.91. The molecule has 0 spiro atoms. The summed E-state index contributed by atoms with van der Waals surface area (Å²) in [6, 6.07) is 1.26. The first-order valence-electron chi connectivity index (χ1n) is 7.06. The molecule has 1 atom stereocenters. The molecule has 0 aliphatic heterocycles. The Bertz CT molecular complexity index is 523. The zero-order valence-electron chi connectivity index (χ0n) is 12.5. The van der Waals surface area contributed by atoms with E-state index in [9.17, 15) is 15.0 Å². The molecule has 0 aromatic carbocycles. The van der Waals surface area contributed by atoms with Crippen LogP contribution in [0.4, 0.5) is 0 Å². The van der Waals surface area contributed by atoms with Gasteiger partial charge in [-0.1, -0.05) is 19.1 Å². The number of aromatic hydroxyl groups is 1. The summed E-state index contributed by atoms with van der Waals surface area (Å²) >= 11 is 0. The minimum Gasteiger partial charge on any atom is -0.503 e. The Hall–Kier alpha value is -1.85. The highest BCUT2D eigenvalue weighted by Crippen LogP contribution is 2.17. The molecule has 1 aromatic rings. The smallest absolute Gasteiger partial charge is 0.223 e. The Morgan fingerprint density at radius 1 is 1.38 bits per heavy atom. The molecule has 0 radical (unpaired) electrons. The molecule has 0 aliphatic rings. The molecule has 1 aromatic heterocycles. The lowest BCUT2D eigenvalue weighted by Gasteiger charge is -2.25. The van der Waals surface area contributed by atoms with Gasteiger partial charge in [0.2, 0.25) is 5.43 Å². The molecule has 0 amide bonds. The number of aliphatic hydroxyl groups is 1. The van der Waals surface area contributed by atoms with Gasteiger partial charge in [-0.15, -0.1) is 13.2 Å². The van der Waals surface area contributed by atoms with Gasteiger partial charge in [0.25, 0.3) is 0 Å². The predicted octanol–water partition coefficient (Wildman–Crippen LogP) is 1.67. The van der Waals surface area contributed by atoms with Gasteiger partial charge in [0.1, 0.15) is 0 Å². The van der Waals surface area contributed by atoms with E-state index in [0.29, 0.717) is 26.1 Å². The second-order valence-corrected chi connectivity index (χ2v) is 4.94. The van der Waals surface area contributed by atoms with Gasteiger partial charge < -0.3 is 14.8 Å². The monoisotopic (exact) mass is 292 g/mol. The first kappa shape index (κ1) is 17.2. The van der Waals surface area contributed by atoms with Crippen LogP contribution < -0.4 is 5.43 Å².